The highest BCUT2D eigenvalue weighted by Gasteiger charge is 2.30. The number of pyridine rings is 1. The van der Waals surface area contributed by atoms with Gasteiger partial charge in [0.25, 0.3) is 0 Å². The average molecular weight is 315 g/mol. The van der Waals surface area contributed by atoms with E-state index in [1.54, 1.807) is 33.0 Å². The molecule has 0 saturated carbocycles. The Balaban J connectivity index is 3.16. The molecule has 0 saturated heterocycles. The maximum Gasteiger partial charge on any atom is 0.246 e. The van der Waals surface area contributed by atoms with Crippen LogP contribution in [-0.4, -0.2) is 48.0 Å². The minimum absolute atomic E-state index is 0.0357. The Hall–Kier alpha value is -1.18. The number of sulfonamides is 1. The number of hydrogen-bond acceptors (Lipinski definition) is 5. The summed E-state index contributed by atoms with van der Waals surface area (Å²) in [4.78, 5) is 4.26. The number of aliphatic hydroxyl groups is 1. The third kappa shape index (κ3) is 4.94. The van der Waals surface area contributed by atoms with Crippen molar-refractivity contribution in [3.8, 4) is 0 Å². The Labute approximate surface area is 127 Å². The molecular formula is C14H25N3O3S. The highest BCUT2D eigenvalue weighted by Crippen LogP contribution is 2.23. The van der Waals surface area contributed by atoms with Crippen LogP contribution in [0.2, 0.25) is 0 Å². The van der Waals surface area contributed by atoms with Crippen molar-refractivity contribution in [3.63, 3.8) is 0 Å². The van der Waals surface area contributed by atoms with Crippen molar-refractivity contribution in [3.05, 3.63) is 18.3 Å². The van der Waals surface area contributed by atoms with E-state index < -0.39 is 15.6 Å². The fourth-order valence-corrected chi connectivity index (χ4v) is 3.64. The summed E-state index contributed by atoms with van der Waals surface area (Å²) >= 11 is 0. The van der Waals surface area contributed by atoms with Gasteiger partial charge in [-0.3, -0.25) is 0 Å². The maximum atomic E-state index is 12.8. The molecule has 0 radical (unpaired) electrons. The van der Waals surface area contributed by atoms with Gasteiger partial charge in [0, 0.05) is 25.8 Å². The molecule has 7 heteroatoms. The number of nitrogens with one attached hydrogen (secondary N) is 1. The molecule has 0 aliphatic rings. The first-order valence-corrected chi connectivity index (χ1v) is 8.57. The zero-order valence-corrected chi connectivity index (χ0v) is 13.9. The summed E-state index contributed by atoms with van der Waals surface area (Å²) in [6, 6.07) is 3.13. The van der Waals surface area contributed by atoms with Crippen LogP contribution in [0.5, 0.6) is 0 Å². The minimum Gasteiger partial charge on any atom is -0.389 e. The Morgan fingerprint density at radius 1 is 1.38 bits per heavy atom. The molecule has 1 aromatic heterocycles. The van der Waals surface area contributed by atoms with Gasteiger partial charge < -0.3 is 10.4 Å². The van der Waals surface area contributed by atoms with Crippen LogP contribution in [0.4, 0.5) is 5.82 Å². The largest absolute Gasteiger partial charge is 0.389 e. The van der Waals surface area contributed by atoms with Gasteiger partial charge in [-0.2, -0.15) is 4.31 Å². The number of likely N-dealkylation sites (N-methyl/N-ethyl adjacent to an activating group) is 1. The van der Waals surface area contributed by atoms with Crippen molar-refractivity contribution >= 4 is 15.8 Å². The molecule has 1 rings (SSSR count). The summed E-state index contributed by atoms with van der Waals surface area (Å²) in [6.45, 7) is 7.89. The lowest BCUT2D eigenvalue weighted by molar-refractivity contribution is 0.0601. The SMILES string of the molecule is CCCNc1ncccc1S(=O)(=O)N(CC)CC(C)(C)O. The van der Waals surface area contributed by atoms with Gasteiger partial charge in [0.2, 0.25) is 10.0 Å². The van der Waals surface area contributed by atoms with Crippen molar-refractivity contribution in [1.29, 1.82) is 0 Å². The number of anilines is 1. The molecule has 0 bridgehead atoms. The molecule has 120 valence electrons. The standard InChI is InChI=1S/C14H25N3O3S/c1-5-9-15-13-12(8-7-10-16-13)21(19,20)17(6-2)11-14(3,4)18/h7-8,10,18H,5-6,9,11H2,1-4H3,(H,15,16). The van der Waals surface area contributed by atoms with Gasteiger partial charge >= 0.3 is 0 Å². The Morgan fingerprint density at radius 3 is 2.57 bits per heavy atom. The van der Waals surface area contributed by atoms with Gasteiger partial charge in [-0.1, -0.05) is 13.8 Å². The molecule has 0 aromatic carbocycles. The van der Waals surface area contributed by atoms with Crippen LogP contribution in [0.25, 0.3) is 0 Å². The molecule has 0 amide bonds. The van der Waals surface area contributed by atoms with E-state index in [1.807, 2.05) is 6.92 Å². The summed E-state index contributed by atoms with van der Waals surface area (Å²) in [5.74, 6) is 0.355. The van der Waals surface area contributed by atoms with Crippen molar-refractivity contribution in [1.82, 2.24) is 9.29 Å². The number of hydrogen-bond donors (Lipinski definition) is 2. The predicted molar refractivity (Wildman–Crippen MR) is 83.7 cm³/mol. The van der Waals surface area contributed by atoms with E-state index >= 15 is 0 Å². The third-order valence-corrected chi connectivity index (χ3v) is 4.80. The van der Waals surface area contributed by atoms with E-state index in [0.717, 1.165) is 6.42 Å². The van der Waals surface area contributed by atoms with Gasteiger partial charge in [-0.25, -0.2) is 13.4 Å². The van der Waals surface area contributed by atoms with E-state index in [4.69, 9.17) is 0 Å². The Bertz CT molecular complexity index is 553. The van der Waals surface area contributed by atoms with Gasteiger partial charge in [0.05, 0.1) is 5.60 Å². The zero-order chi connectivity index (χ0) is 16.1. The first kappa shape index (κ1) is 17.9. The average Bonchev–Trinajstić information content (AvgIpc) is 2.41. The molecule has 0 unspecified atom stereocenters. The summed E-state index contributed by atoms with van der Waals surface area (Å²) in [7, 11) is -3.70. The fraction of sp³-hybridized carbons (Fsp3) is 0.643. The number of rotatable bonds is 8. The van der Waals surface area contributed by atoms with E-state index in [2.05, 4.69) is 10.3 Å². The second-order valence-electron chi connectivity index (χ2n) is 5.52. The highest BCUT2D eigenvalue weighted by atomic mass is 32.2. The van der Waals surface area contributed by atoms with E-state index in [0.29, 0.717) is 12.4 Å². The highest BCUT2D eigenvalue weighted by molar-refractivity contribution is 7.89. The first-order valence-electron chi connectivity index (χ1n) is 7.13. The lowest BCUT2D eigenvalue weighted by Crippen LogP contribution is -2.42. The normalized spacial score (nSPS) is 12.7. The van der Waals surface area contributed by atoms with Crippen LogP contribution >= 0.6 is 0 Å². The first-order chi connectivity index (χ1) is 9.72. The second-order valence-corrected chi connectivity index (χ2v) is 7.43. The quantitative estimate of drug-likeness (QED) is 0.763. The minimum atomic E-state index is -3.70. The zero-order valence-electron chi connectivity index (χ0n) is 13.1. The van der Waals surface area contributed by atoms with Gasteiger partial charge in [0.15, 0.2) is 0 Å². The monoisotopic (exact) mass is 315 g/mol. The molecule has 0 atom stereocenters. The molecule has 1 heterocycles. The van der Waals surface area contributed by atoms with E-state index in [1.165, 1.54) is 10.4 Å². The van der Waals surface area contributed by atoms with Crippen molar-refractivity contribution in [2.75, 3.05) is 25.0 Å². The molecule has 2 N–H and O–H groups in total. The Kier molecular flexibility index (Phi) is 6.12. The van der Waals surface area contributed by atoms with Crippen LogP contribution in [0, 0.1) is 0 Å². The van der Waals surface area contributed by atoms with Crippen molar-refractivity contribution in [2.24, 2.45) is 0 Å². The smallest absolute Gasteiger partial charge is 0.246 e. The lowest BCUT2D eigenvalue weighted by Gasteiger charge is -2.27. The van der Waals surface area contributed by atoms with Crippen LogP contribution in [0.1, 0.15) is 34.1 Å². The molecule has 0 spiro atoms. The molecule has 6 nitrogen and oxygen atoms in total. The molecule has 1 aromatic rings. The maximum absolute atomic E-state index is 12.8. The number of nitrogens with zero attached hydrogens (tertiary/aromatic N) is 2. The van der Waals surface area contributed by atoms with Gasteiger partial charge in [-0.05, 0) is 32.4 Å². The summed E-state index contributed by atoms with van der Waals surface area (Å²) in [5.41, 5.74) is -1.09. The van der Waals surface area contributed by atoms with Crippen molar-refractivity contribution in [2.45, 2.75) is 44.6 Å². The summed E-state index contributed by atoms with van der Waals surface area (Å²) in [5, 5.41) is 12.9. The van der Waals surface area contributed by atoms with E-state index in [-0.39, 0.29) is 18.0 Å². The Morgan fingerprint density at radius 2 is 2.05 bits per heavy atom. The lowest BCUT2D eigenvalue weighted by atomic mass is 10.1. The van der Waals surface area contributed by atoms with Gasteiger partial charge in [0.1, 0.15) is 10.7 Å². The summed E-state index contributed by atoms with van der Waals surface area (Å²) < 4.78 is 26.8. The molecule has 0 fully saturated rings. The molecular weight excluding hydrogens is 290 g/mol. The van der Waals surface area contributed by atoms with E-state index in [9.17, 15) is 13.5 Å². The van der Waals surface area contributed by atoms with Crippen LogP contribution in [0.15, 0.2) is 23.2 Å². The fourth-order valence-electron chi connectivity index (χ4n) is 1.91. The number of aromatic nitrogens is 1. The second kappa shape index (κ2) is 7.20. The summed E-state index contributed by atoms with van der Waals surface area (Å²) in [6.07, 6.45) is 2.43. The molecule has 21 heavy (non-hydrogen) atoms. The van der Waals surface area contributed by atoms with Crippen LogP contribution in [0.3, 0.4) is 0 Å². The molecule has 0 aliphatic heterocycles. The van der Waals surface area contributed by atoms with Crippen LogP contribution < -0.4 is 5.32 Å². The topological polar surface area (TPSA) is 82.5 Å². The third-order valence-electron chi connectivity index (χ3n) is 2.85. The van der Waals surface area contributed by atoms with Crippen LogP contribution in [-0.2, 0) is 10.0 Å². The molecule has 0 aliphatic carbocycles. The van der Waals surface area contributed by atoms with Gasteiger partial charge in [-0.15, -0.1) is 0 Å². The predicted octanol–water partition coefficient (Wildman–Crippen LogP) is 1.68. The van der Waals surface area contributed by atoms with Crippen molar-refractivity contribution < 1.29 is 13.5 Å².